The number of carbonyl (C=O) groups excluding carboxylic acids is 2. The first-order valence-electron chi connectivity index (χ1n) is 12.3. The number of methoxy groups -OCH3 is 2. The summed E-state index contributed by atoms with van der Waals surface area (Å²) in [4.78, 5) is 29.2. The van der Waals surface area contributed by atoms with Crippen LogP contribution < -0.4 is 19.6 Å². The molecule has 41 heavy (non-hydrogen) atoms. The van der Waals surface area contributed by atoms with Crippen LogP contribution in [0.4, 0.5) is 0 Å². The lowest BCUT2D eigenvalue weighted by Gasteiger charge is -2.12. The number of hydrazone groups is 1. The molecule has 0 atom stereocenters. The number of ether oxygens (including phenoxy) is 3. The molecule has 0 fully saturated rings. The third-order valence-corrected chi connectivity index (χ3v) is 6.77. The molecule has 1 heterocycles. The molecular formula is C31H23Cl2N3O5. The number of benzene rings is 4. The molecule has 0 unspecified atom stereocenters. The Morgan fingerprint density at radius 2 is 1.61 bits per heavy atom. The predicted octanol–water partition coefficient (Wildman–Crippen LogP) is 7.14. The molecule has 0 aliphatic carbocycles. The lowest BCUT2D eigenvalue weighted by molar-refractivity contribution is 0.0726. The molecule has 0 bridgehead atoms. The van der Waals surface area contributed by atoms with Crippen LogP contribution in [0.5, 0.6) is 17.2 Å². The van der Waals surface area contributed by atoms with Gasteiger partial charge in [0.2, 0.25) is 0 Å². The Hall–Kier alpha value is -4.79. The standard InChI is InChI=1S/C31H23Cl2N3O5/c1-39-24-14-12-20(32)16-22(24)31(38)41-25-13-11-18(15-26(25)40-2)17-34-36-30(37)29-27(19-7-4-3-5-8-19)21-9-6-10-23(33)28(21)35-29/h3-17,35H,1-2H3,(H,36,37). The molecule has 2 N–H and O–H groups in total. The molecule has 4 aromatic carbocycles. The Kier molecular flexibility index (Phi) is 8.24. The summed E-state index contributed by atoms with van der Waals surface area (Å²) >= 11 is 12.4. The molecular weight excluding hydrogens is 565 g/mol. The average Bonchev–Trinajstić information content (AvgIpc) is 3.39. The van der Waals surface area contributed by atoms with Gasteiger partial charge in [0.05, 0.1) is 31.0 Å². The van der Waals surface area contributed by atoms with E-state index in [0.29, 0.717) is 32.6 Å². The Morgan fingerprint density at radius 3 is 2.37 bits per heavy atom. The number of amides is 1. The minimum atomic E-state index is -0.663. The summed E-state index contributed by atoms with van der Waals surface area (Å²) in [5.74, 6) is -0.315. The average molecular weight is 588 g/mol. The normalized spacial score (nSPS) is 11.0. The van der Waals surface area contributed by atoms with Gasteiger partial charge in [-0.2, -0.15) is 5.10 Å². The van der Waals surface area contributed by atoms with E-state index in [1.54, 1.807) is 36.4 Å². The van der Waals surface area contributed by atoms with Gasteiger partial charge in [-0.1, -0.05) is 65.7 Å². The van der Waals surface area contributed by atoms with Gasteiger partial charge in [-0.15, -0.1) is 0 Å². The van der Waals surface area contributed by atoms with Crippen molar-refractivity contribution < 1.29 is 23.8 Å². The Labute approximate surface area is 245 Å². The molecule has 0 aliphatic rings. The summed E-state index contributed by atoms with van der Waals surface area (Å²) in [6, 6.07) is 24.5. The van der Waals surface area contributed by atoms with Crippen LogP contribution in [0.3, 0.4) is 0 Å². The number of carbonyl (C=O) groups is 2. The van der Waals surface area contributed by atoms with Crippen molar-refractivity contribution in [3.05, 3.63) is 112 Å². The highest BCUT2D eigenvalue weighted by Crippen LogP contribution is 2.35. The molecule has 0 radical (unpaired) electrons. The number of nitrogens with one attached hydrogen (secondary N) is 2. The van der Waals surface area contributed by atoms with Gasteiger partial charge in [-0.3, -0.25) is 4.79 Å². The maximum absolute atomic E-state index is 13.2. The van der Waals surface area contributed by atoms with Gasteiger partial charge in [0.25, 0.3) is 5.91 Å². The number of halogens is 2. The molecule has 206 valence electrons. The number of H-pyrrole nitrogens is 1. The second-order valence-electron chi connectivity index (χ2n) is 8.75. The number of hydrogen-bond acceptors (Lipinski definition) is 6. The Bertz CT molecular complexity index is 1780. The van der Waals surface area contributed by atoms with Crippen molar-refractivity contribution in [2.45, 2.75) is 0 Å². The number of esters is 1. The summed E-state index contributed by atoms with van der Waals surface area (Å²) in [6.45, 7) is 0. The number of rotatable bonds is 8. The fourth-order valence-corrected chi connectivity index (χ4v) is 4.72. The van der Waals surface area contributed by atoms with Crippen LogP contribution in [0.25, 0.3) is 22.0 Å². The number of aromatic amines is 1. The van der Waals surface area contributed by atoms with E-state index in [9.17, 15) is 9.59 Å². The number of para-hydroxylation sites is 1. The molecule has 10 heteroatoms. The molecule has 0 aliphatic heterocycles. The van der Waals surface area contributed by atoms with Gasteiger partial charge in [0, 0.05) is 16.0 Å². The highest BCUT2D eigenvalue weighted by atomic mass is 35.5. The van der Waals surface area contributed by atoms with Gasteiger partial charge in [-0.25, -0.2) is 10.2 Å². The summed E-state index contributed by atoms with van der Waals surface area (Å²) in [6.07, 6.45) is 1.45. The third-order valence-electron chi connectivity index (χ3n) is 6.22. The predicted molar refractivity (Wildman–Crippen MR) is 160 cm³/mol. The van der Waals surface area contributed by atoms with E-state index in [-0.39, 0.29) is 17.1 Å². The molecule has 5 rings (SSSR count). The van der Waals surface area contributed by atoms with Crippen molar-refractivity contribution in [2.24, 2.45) is 5.10 Å². The largest absolute Gasteiger partial charge is 0.496 e. The number of fused-ring (bicyclic) bond motifs is 1. The molecule has 1 amide bonds. The molecule has 1 aromatic heterocycles. The monoisotopic (exact) mass is 587 g/mol. The van der Waals surface area contributed by atoms with E-state index in [1.165, 1.54) is 26.5 Å². The van der Waals surface area contributed by atoms with Crippen LogP contribution >= 0.6 is 23.2 Å². The van der Waals surface area contributed by atoms with E-state index < -0.39 is 11.9 Å². The van der Waals surface area contributed by atoms with Gasteiger partial charge < -0.3 is 19.2 Å². The second kappa shape index (κ2) is 12.2. The van der Waals surface area contributed by atoms with Crippen molar-refractivity contribution in [3.8, 4) is 28.4 Å². The zero-order valence-electron chi connectivity index (χ0n) is 21.9. The Balaban J connectivity index is 1.35. The first-order valence-corrected chi connectivity index (χ1v) is 13.1. The SMILES string of the molecule is COc1cc(C=NNC(=O)c2[nH]c3c(Cl)cccc3c2-c2ccccc2)ccc1OC(=O)c1cc(Cl)ccc1OC. The van der Waals surface area contributed by atoms with Crippen LogP contribution in [-0.4, -0.2) is 37.3 Å². The minimum absolute atomic E-state index is 0.170. The summed E-state index contributed by atoms with van der Waals surface area (Å²) < 4.78 is 16.2. The molecule has 8 nitrogen and oxygen atoms in total. The van der Waals surface area contributed by atoms with Crippen LogP contribution in [0.2, 0.25) is 10.0 Å². The van der Waals surface area contributed by atoms with Crippen molar-refractivity contribution in [2.75, 3.05) is 14.2 Å². The second-order valence-corrected chi connectivity index (χ2v) is 9.59. The quantitative estimate of drug-likeness (QED) is 0.0869. The number of nitrogens with zero attached hydrogens (tertiary/aromatic N) is 1. The van der Waals surface area contributed by atoms with Crippen LogP contribution in [0.15, 0.2) is 90.0 Å². The van der Waals surface area contributed by atoms with E-state index in [2.05, 4.69) is 15.5 Å². The first kappa shape index (κ1) is 27.8. The summed E-state index contributed by atoms with van der Waals surface area (Å²) in [5, 5.41) is 5.81. The lowest BCUT2D eigenvalue weighted by atomic mass is 10.0. The highest BCUT2D eigenvalue weighted by Gasteiger charge is 2.21. The fourth-order valence-electron chi connectivity index (χ4n) is 4.32. The van der Waals surface area contributed by atoms with Crippen molar-refractivity contribution >= 4 is 52.2 Å². The fraction of sp³-hybridized carbons (Fsp3) is 0.0645. The number of aromatic nitrogens is 1. The van der Waals surface area contributed by atoms with Crippen molar-refractivity contribution in [1.29, 1.82) is 0 Å². The first-order chi connectivity index (χ1) is 19.9. The highest BCUT2D eigenvalue weighted by molar-refractivity contribution is 6.36. The molecule has 0 spiro atoms. The van der Waals surface area contributed by atoms with E-state index in [4.69, 9.17) is 37.4 Å². The van der Waals surface area contributed by atoms with Crippen molar-refractivity contribution in [3.63, 3.8) is 0 Å². The zero-order valence-corrected chi connectivity index (χ0v) is 23.4. The third kappa shape index (κ3) is 5.89. The topological polar surface area (TPSA) is 102 Å². The van der Waals surface area contributed by atoms with E-state index in [0.717, 1.165) is 16.5 Å². The number of hydrogen-bond donors (Lipinski definition) is 2. The molecule has 5 aromatic rings. The van der Waals surface area contributed by atoms with E-state index in [1.807, 2.05) is 42.5 Å². The maximum atomic E-state index is 13.2. The minimum Gasteiger partial charge on any atom is -0.496 e. The van der Waals surface area contributed by atoms with Gasteiger partial charge in [0.15, 0.2) is 11.5 Å². The van der Waals surface area contributed by atoms with Crippen molar-refractivity contribution in [1.82, 2.24) is 10.4 Å². The van der Waals surface area contributed by atoms with Crippen LogP contribution in [0.1, 0.15) is 26.4 Å². The molecule has 0 saturated carbocycles. The zero-order chi connectivity index (χ0) is 28.9. The van der Waals surface area contributed by atoms with Crippen LogP contribution in [-0.2, 0) is 0 Å². The maximum Gasteiger partial charge on any atom is 0.347 e. The van der Waals surface area contributed by atoms with E-state index >= 15 is 0 Å². The van der Waals surface area contributed by atoms with Crippen LogP contribution in [0, 0.1) is 0 Å². The Morgan fingerprint density at radius 1 is 0.854 bits per heavy atom. The van der Waals surface area contributed by atoms with Gasteiger partial charge >= 0.3 is 5.97 Å². The van der Waals surface area contributed by atoms with Gasteiger partial charge in [0.1, 0.15) is 17.0 Å². The smallest absolute Gasteiger partial charge is 0.347 e. The summed E-state index contributed by atoms with van der Waals surface area (Å²) in [7, 11) is 2.89. The lowest BCUT2D eigenvalue weighted by Crippen LogP contribution is -2.18. The summed E-state index contributed by atoms with van der Waals surface area (Å²) in [5.41, 5.74) is 5.89. The molecule has 0 saturated heterocycles. The van der Waals surface area contributed by atoms with Gasteiger partial charge in [-0.05, 0) is 53.6 Å².